The van der Waals surface area contributed by atoms with Crippen molar-refractivity contribution in [3.8, 4) is 11.6 Å². The molecule has 2 aromatic rings. The summed E-state index contributed by atoms with van der Waals surface area (Å²) in [7, 11) is 1.87. The standard InChI is InChI=1S/C16H18ClFN2O/c1-3-5-12-8-11(10-19-2)9-15(20-12)21-14-7-4-6-13(17)16(14)18/h4,6-9,19H,3,5,10H2,1-2H3. The van der Waals surface area contributed by atoms with Gasteiger partial charge in [-0.05, 0) is 37.2 Å². The SMILES string of the molecule is CCCc1cc(CNC)cc(Oc2cccc(Cl)c2F)n1. The van der Waals surface area contributed by atoms with Gasteiger partial charge in [-0.3, -0.25) is 0 Å². The van der Waals surface area contributed by atoms with E-state index in [-0.39, 0.29) is 10.8 Å². The molecule has 1 heterocycles. The third-order valence-electron chi connectivity index (χ3n) is 2.93. The smallest absolute Gasteiger partial charge is 0.219 e. The van der Waals surface area contributed by atoms with Gasteiger partial charge in [0.15, 0.2) is 11.6 Å². The number of aromatic nitrogens is 1. The highest BCUT2D eigenvalue weighted by Gasteiger charge is 2.10. The van der Waals surface area contributed by atoms with E-state index in [4.69, 9.17) is 16.3 Å². The Bertz CT molecular complexity index is 595. The van der Waals surface area contributed by atoms with Crippen molar-refractivity contribution in [3.63, 3.8) is 0 Å². The lowest BCUT2D eigenvalue weighted by molar-refractivity contribution is 0.425. The Morgan fingerprint density at radius 3 is 2.86 bits per heavy atom. The highest BCUT2D eigenvalue weighted by molar-refractivity contribution is 6.30. The minimum absolute atomic E-state index is 0.0349. The second-order valence-corrected chi connectivity index (χ2v) is 5.15. The summed E-state index contributed by atoms with van der Waals surface area (Å²) in [5.74, 6) is -0.108. The molecule has 0 fully saturated rings. The molecule has 0 bridgehead atoms. The minimum Gasteiger partial charge on any atom is -0.436 e. The zero-order valence-corrected chi connectivity index (χ0v) is 12.9. The predicted octanol–water partition coefficient (Wildman–Crippen LogP) is 4.34. The van der Waals surface area contributed by atoms with Gasteiger partial charge in [0.2, 0.25) is 5.88 Å². The molecule has 0 saturated carbocycles. The van der Waals surface area contributed by atoms with Gasteiger partial charge in [0.25, 0.3) is 0 Å². The summed E-state index contributed by atoms with van der Waals surface area (Å²) in [6.45, 7) is 2.79. The molecule has 0 saturated heterocycles. The van der Waals surface area contributed by atoms with Gasteiger partial charge in [0.1, 0.15) is 0 Å². The number of rotatable bonds is 6. The first-order valence-corrected chi connectivity index (χ1v) is 7.28. The van der Waals surface area contributed by atoms with Crippen molar-refractivity contribution in [2.75, 3.05) is 7.05 Å². The molecular weight excluding hydrogens is 291 g/mol. The van der Waals surface area contributed by atoms with Gasteiger partial charge in [0.05, 0.1) is 5.02 Å². The van der Waals surface area contributed by atoms with E-state index in [1.54, 1.807) is 12.1 Å². The van der Waals surface area contributed by atoms with E-state index < -0.39 is 5.82 Å². The van der Waals surface area contributed by atoms with Crippen LogP contribution < -0.4 is 10.1 Å². The van der Waals surface area contributed by atoms with Crippen molar-refractivity contribution in [2.24, 2.45) is 0 Å². The third kappa shape index (κ3) is 4.16. The number of aryl methyl sites for hydroxylation is 1. The molecule has 0 aliphatic heterocycles. The molecule has 0 aliphatic carbocycles. The lowest BCUT2D eigenvalue weighted by Gasteiger charge is -2.10. The Morgan fingerprint density at radius 1 is 1.33 bits per heavy atom. The van der Waals surface area contributed by atoms with Crippen LogP contribution in [0, 0.1) is 5.82 Å². The minimum atomic E-state index is -0.572. The fourth-order valence-corrected chi connectivity index (χ4v) is 2.20. The average molecular weight is 309 g/mol. The average Bonchev–Trinajstić information content (AvgIpc) is 2.44. The maximum absolute atomic E-state index is 13.9. The summed E-state index contributed by atoms with van der Waals surface area (Å²) < 4.78 is 19.5. The van der Waals surface area contributed by atoms with Crippen molar-refractivity contribution in [1.82, 2.24) is 10.3 Å². The molecule has 1 aromatic heterocycles. The quantitative estimate of drug-likeness (QED) is 0.862. The molecular formula is C16H18ClFN2O. The largest absolute Gasteiger partial charge is 0.436 e. The summed E-state index contributed by atoms with van der Waals surface area (Å²) in [5.41, 5.74) is 1.98. The summed E-state index contributed by atoms with van der Waals surface area (Å²) in [6.07, 6.45) is 1.84. The van der Waals surface area contributed by atoms with Crippen molar-refractivity contribution < 1.29 is 9.13 Å². The van der Waals surface area contributed by atoms with Crippen LogP contribution in [0.5, 0.6) is 11.6 Å². The second-order valence-electron chi connectivity index (χ2n) is 4.74. The normalized spacial score (nSPS) is 10.7. The van der Waals surface area contributed by atoms with E-state index in [2.05, 4.69) is 17.2 Å². The Labute approximate surface area is 129 Å². The number of ether oxygens (including phenoxy) is 1. The fraction of sp³-hybridized carbons (Fsp3) is 0.312. The van der Waals surface area contributed by atoms with Crippen LogP contribution in [0.2, 0.25) is 5.02 Å². The first-order chi connectivity index (χ1) is 10.1. The number of nitrogens with one attached hydrogen (secondary N) is 1. The van der Waals surface area contributed by atoms with Crippen LogP contribution in [0.15, 0.2) is 30.3 Å². The Hall–Kier alpha value is -1.65. The number of hydrogen-bond acceptors (Lipinski definition) is 3. The molecule has 0 atom stereocenters. The molecule has 3 nitrogen and oxygen atoms in total. The van der Waals surface area contributed by atoms with E-state index in [0.717, 1.165) is 24.1 Å². The van der Waals surface area contributed by atoms with Crippen LogP contribution >= 0.6 is 11.6 Å². The summed E-state index contributed by atoms with van der Waals surface area (Å²) >= 11 is 5.76. The lowest BCUT2D eigenvalue weighted by Crippen LogP contribution is -2.07. The summed E-state index contributed by atoms with van der Waals surface area (Å²) in [4.78, 5) is 4.41. The topological polar surface area (TPSA) is 34.1 Å². The predicted molar refractivity (Wildman–Crippen MR) is 82.5 cm³/mol. The Kier molecular flexibility index (Phi) is 5.53. The van der Waals surface area contributed by atoms with E-state index in [9.17, 15) is 4.39 Å². The Morgan fingerprint density at radius 2 is 2.14 bits per heavy atom. The molecule has 1 aromatic carbocycles. The molecule has 1 N–H and O–H groups in total. The molecule has 0 unspecified atom stereocenters. The van der Waals surface area contributed by atoms with E-state index >= 15 is 0 Å². The van der Waals surface area contributed by atoms with Crippen LogP contribution in [-0.4, -0.2) is 12.0 Å². The maximum atomic E-state index is 13.9. The second kappa shape index (κ2) is 7.38. The zero-order valence-electron chi connectivity index (χ0n) is 12.1. The molecule has 0 aliphatic rings. The molecule has 5 heteroatoms. The monoisotopic (exact) mass is 308 g/mol. The van der Waals surface area contributed by atoms with Crippen molar-refractivity contribution in [2.45, 2.75) is 26.3 Å². The molecule has 112 valence electrons. The van der Waals surface area contributed by atoms with Crippen LogP contribution in [0.4, 0.5) is 4.39 Å². The number of benzene rings is 1. The molecule has 0 radical (unpaired) electrons. The first kappa shape index (κ1) is 15.7. The van der Waals surface area contributed by atoms with Crippen LogP contribution in [-0.2, 0) is 13.0 Å². The van der Waals surface area contributed by atoms with E-state index in [0.29, 0.717) is 12.4 Å². The maximum Gasteiger partial charge on any atom is 0.219 e. The number of nitrogens with zero attached hydrogens (tertiary/aromatic N) is 1. The molecule has 0 spiro atoms. The molecule has 0 amide bonds. The van der Waals surface area contributed by atoms with E-state index in [1.807, 2.05) is 13.1 Å². The summed E-state index contributed by atoms with van der Waals surface area (Å²) in [5, 5.41) is 3.12. The number of pyridine rings is 1. The lowest BCUT2D eigenvalue weighted by atomic mass is 10.1. The van der Waals surface area contributed by atoms with Gasteiger partial charge in [-0.1, -0.05) is 31.0 Å². The van der Waals surface area contributed by atoms with Gasteiger partial charge >= 0.3 is 0 Å². The molecule has 21 heavy (non-hydrogen) atoms. The van der Waals surface area contributed by atoms with E-state index in [1.165, 1.54) is 12.1 Å². The highest BCUT2D eigenvalue weighted by atomic mass is 35.5. The third-order valence-corrected chi connectivity index (χ3v) is 3.22. The van der Waals surface area contributed by atoms with Gasteiger partial charge in [-0.15, -0.1) is 0 Å². The number of halogens is 2. The van der Waals surface area contributed by atoms with Crippen LogP contribution in [0.1, 0.15) is 24.6 Å². The Balaban J connectivity index is 2.31. The van der Waals surface area contributed by atoms with Gasteiger partial charge in [0, 0.05) is 18.3 Å². The summed E-state index contributed by atoms with van der Waals surface area (Å²) in [6, 6.07) is 8.49. The van der Waals surface area contributed by atoms with Crippen molar-refractivity contribution in [3.05, 3.63) is 52.4 Å². The van der Waals surface area contributed by atoms with Gasteiger partial charge < -0.3 is 10.1 Å². The highest BCUT2D eigenvalue weighted by Crippen LogP contribution is 2.28. The fourth-order valence-electron chi connectivity index (χ4n) is 2.04. The number of hydrogen-bond donors (Lipinski definition) is 1. The first-order valence-electron chi connectivity index (χ1n) is 6.90. The molecule has 2 rings (SSSR count). The van der Waals surface area contributed by atoms with Gasteiger partial charge in [-0.25, -0.2) is 9.37 Å². The van der Waals surface area contributed by atoms with Crippen LogP contribution in [0.25, 0.3) is 0 Å². The zero-order chi connectivity index (χ0) is 15.2. The van der Waals surface area contributed by atoms with Crippen molar-refractivity contribution >= 4 is 11.6 Å². The van der Waals surface area contributed by atoms with Gasteiger partial charge in [-0.2, -0.15) is 0 Å². The van der Waals surface area contributed by atoms with Crippen LogP contribution in [0.3, 0.4) is 0 Å². The van der Waals surface area contributed by atoms with Crippen molar-refractivity contribution in [1.29, 1.82) is 0 Å².